The van der Waals surface area contributed by atoms with Crippen molar-refractivity contribution in [2.24, 2.45) is 4.99 Å². The van der Waals surface area contributed by atoms with Crippen LogP contribution in [-0.4, -0.2) is 13.0 Å². The smallest absolute Gasteiger partial charge is 0.191 e. The summed E-state index contributed by atoms with van der Waals surface area (Å²) in [5.41, 5.74) is 2.11. The van der Waals surface area contributed by atoms with Gasteiger partial charge in [-0.05, 0) is 32.0 Å². The predicted octanol–water partition coefficient (Wildman–Crippen LogP) is 3.98. The molecule has 2 N–H and O–H groups in total. The van der Waals surface area contributed by atoms with E-state index in [1.54, 1.807) is 18.4 Å². The number of aliphatic imine (C=N–C) groups is 1. The standard InChI is InChI=1S/C18H21N3OS/c1-12-8-9-14(23-12)10-20-18(19-3)21-11-17-13(2)15-6-4-5-7-16(15)22-17/h4-9H,10-11H2,1-3H3,(H2,19,20,21). The van der Waals surface area contributed by atoms with Crippen molar-refractivity contribution in [2.75, 3.05) is 7.05 Å². The molecule has 0 saturated carbocycles. The van der Waals surface area contributed by atoms with Crippen molar-refractivity contribution in [2.45, 2.75) is 26.9 Å². The first-order valence-electron chi connectivity index (χ1n) is 7.64. The fraction of sp³-hybridized carbons (Fsp3) is 0.278. The third-order valence-electron chi connectivity index (χ3n) is 3.81. The number of hydrogen-bond acceptors (Lipinski definition) is 3. The number of nitrogens with one attached hydrogen (secondary N) is 2. The second kappa shape index (κ2) is 6.87. The number of guanidine groups is 1. The van der Waals surface area contributed by atoms with Crippen LogP contribution in [0.4, 0.5) is 0 Å². The molecule has 0 atom stereocenters. The highest BCUT2D eigenvalue weighted by Crippen LogP contribution is 2.24. The highest BCUT2D eigenvalue weighted by atomic mass is 32.1. The van der Waals surface area contributed by atoms with Crippen molar-refractivity contribution in [3.63, 3.8) is 0 Å². The van der Waals surface area contributed by atoms with Crippen molar-refractivity contribution in [3.8, 4) is 0 Å². The first-order valence-corrected chi connectivity index (χ1v) is 8.46. The number of para-hydroxylation sites is 1. The van der Waals surface area contributed by atoms with Gasteiger partial charge in [0.25, 0.3) is 0 Å². The summed E-state index contributed by atoms with van der Waals surface area (Å²) in [6.07, 6.45) is 0. The fourth-order valence-electron chi connectivity index (χ4n) is 2.53. The van der Waals surface area contributed by atoms with Crippen LogP contribution in [0.25, 0.3) is 11.0 Å². The third-order valence-corrected chi connectivity index (χ3v) is 4.81. The summed E-state index contributed by atoms with van der Waals surface area (Å²) >= 11 is 1.80. The number of thiophene rings is 1. The van der Waals surface area contributed by atoms with E-state index in [-0.39, 0.29) is 0 Å². The van der Waals surface area contributed by atoms with E-state index < -0.39 is 0 Å². The van der Waals surface area contributed by atoms with Crippen LogP contribution in [0.5, 0.6) is 0 Å². The number of rotatable bonds is 4. The van der Waals surface area contributed by atoms with Gasteiger partial charge in [-0.25, -0.2) is 0 Å². The van der Waals surface area contributed by atoms with Gasteiger partial charge >= 0.3 is 0 Å². The molecular weight excluding hydrogens is 306 g/mol. The number of hydrogen-bond donors (Lipinski definition) is 2. The summed E-state index contributed by atoms with van der Waals surface area (Å²) in [6, 6.07) is 12.4. The molecule has 0 aliphatic heterocycles. The summed E-state index contributed by atoms with van der Waals surface area (Å²) in [5, 5.41) is 7.81. The number of nitrogens with zero attached hydrogens (tertiary/aromatic N) is 1. The van der Waals surface area contributed by atoms with E-state index in [0.717, 1.165) is 23.8 Å². The molecule has 2 aromatic heterocycles. The molecule has 0 aliphatic rings. The molecule has 0 amide bonds. The Hall–Kier alpha value is -2.27. The Balaban J connectivity index is 1.62. The Kier molecular flexibility index (Phi) is 4.67. The van der Waals surface area contributed by atoms with E-state index >= 15 is 0 Å². The van der Waals surface area contributed by atoms with Gasteiger partial charge in [0.15, 0.2) is 5.96 Å². The fourth-order valence-corrected chi connectivity index (χ4v) is 3.36. The van der Waals surface area contributed by atoms with E-state index in [1.807, 2.05) is 18.2 Å². The minimum absolute atomic E-state index is 0.615. The highest BCUT2D eigenvalue weighted by Gasteiger charge is 2.10. The monoisotopic (exact) mass is 327 g/mol. The molecule has 3 rings (SSSR count). The first kappa shape index (κ1) is 15.6. The lowest BCUT2D eigenvalue weighted by molar-refractivity contribution is 0.534. The third kappa shape index (κ3) is 3.56. The minimum Gasteiger partial charge on any atom is -0.459 e. The minimum atomic E-state index is 0.615. The summed E-state index contributed by atoms with van der Waals surface area (Å²) in [4.78, 5) is 6.88. The quantitative estimate of drug-likeness (QED) is 0.563. The van der Waals surface area contributed by atoms with Crippen molar-refractivity contribution >= 4 is 28.3 Å². The molecule has 120 valence electrons. The second-order valence-corrected chi connectivity index (χ2v) is 6.81. The van der Waals surface area contributed by atoms with Gasteiger partial charge in [-0.15, -0.1) is 11.3 Å². The SMILES string of the molecule is CN=C(NCc1ccc(C)s1)NCc1oc2ccccc2c1C. The zero-order valence-corrected chi connectivity index (χ0v) is 14.5. The number of aryl methyl sites for hydroxylation is 2. The predicted molar refractivity (Wildman–Crippen MR) is 97.0 cm³/mol. The summed E-state index contributed by atoms with van der Waals surface area (Å²) in [5.74, 6) is 1.72. The maximum absolute atomic E-state index is 5.92. The Bertz CT molecular complexity index is 832. The molecule has 23 heavy (non-hydrogen) atoms. The molecule has 3 aromatic rings. The molecule has 0 unspecified atom stereocenters. The van der Waals surface area contributed by atoms with Crippen LogP contribution in [0.3, 0.4) is 0 Å². The van der Waals surface area contributed by atoms with E-state index in [0.29, 0.717) is 6.54 Å². The number of furan rings is 1. The number of benzene rings is 1. The molecule has 2 heterocycles. The topological polar surface area (TPSA) is 49.6 Å². The van der Waals surface area contributed by atoms with Gasteiger partial charge in [0.05, 0.1) is 13.1 Å². The second-order valence-electron chi connectivity index (χ2n) is 5.44. The van der Waals surface area contributed by atoms with Crippen LogP contribution >= 0.6 is 11.3 Å². The lowest BCUT2D eigenvalue weighted by Gasteiger charge is -2.10. The van der Waals surface area contributed by atoms with Crippen molar-refractivity contribution in [1.82, 2.24) is 10.6 Å². The maximum atomic E-state index is 5.92. The molecule has 0 spiro atoms. The van der Waals surface area contributed by atoms with Crippen LogP contribution in [0.1, 0.15) is 21.1 Å². The summed E-state index contributed by atoms with van der Waals surface area (Å²) in [7, 11) is 1.78. The van der Waals surface area contributed by atoms with E-state index in [2.05, 4.69) is 47.7 Å². The molecule has 0 radical (unpaired) electrons. The van der Waals surface area contributed by atoms with Crippen LogP contribution in [0, 0.1) is 13.8 Å². The lowest BCUT2D eigenvalue weighted by atomic mass is 10.1. The van der Waals surface area contributed by atoms with E-state index in [9.17, 15) is 0 Å². The molecule has 0 saturated heterocycles. The van der Waals surface area contributed by atoms with Crippen LogP contribution in [-0.2, 0) is 13.1 Å². The van der Waals surface area contributed by atoms with Crippen LogP contribution in [0.2, 0.25) is 0 Å². The van der Waals surface area contributed by atoms with E-state index in [4.69, 9.17) is 4.42 Å². The maximum Gasteiger partial charge on any atom is 0.191 e. The van der Waals surface area contributed by atoms with Gasteiger partial charge in [-0.3, -0.25) is 4.99 Å². The van der Waals surface area contributed by atoms with Gasteiger partial charge in [0, 0.05) is 27.8 Å². The Morgan fingerprint density at radius 1 is 1.09 bits per heavy atom. The average Bonchev–Trinajstić information content (AvgIpc) is 3.12. The zero-order valence-electron chi connectivity index (χ0n) is 13.6. The largest absolute Gasteiger partial charge is 0.459 e. The highest BCUT2D eigenvalue weighted by molar-refractivity contribution is 7.11. The normalized spacial score (nSPS) is 11.9. The molecule has 4 nitrogen and oxygen atoms in total. The van der Waals surface area contributed by atoms with Crippen molar-refractivity contribution < 1.29 is 4.42 Å². The van der Waals surface area contributed by atoms with Crippen LogP contribution < -0.4 is 10.6 Å². The molecule has 0 aliphatic carbocycles. The van der Waals surface area contributed by atoms with Gasteiger partial charge in [-0.1, -0.05) is 18.2 Å². The van der Waals surface area contributed by atoms with Gasteiger partial charge in [-0.2, -0.15) is 0 Å². The molecule has 0 fully saturated rings. The lowest BCUT2D eigenvalue weighted by Crippen LogP contribution is -2.36. The molecular formula is C18H21N3OS. The summed E-state index contributed by atoms with van der Waals surface area (Å²) in [6.45, 7) is 5.60. The average molecular weight is 327 g/mol. The first-order chi connectivity index (χ1) is 11.2. The Labute approximate surface area is 140 Å². The molecule has 5 heteroatoms. The van der Waals surface area contributed by atoms with Crippen molar-refractivity contribution in [3.05, 3.63) is 57.5 Å². The summed E-state index contributed by atoms with van der Waals surface area (Å²) < 4.78 is 5.92. The van der Waals surface area contributed by atoms with Gasteiger partial charge < -0.3 is 15.1 Å². The zero-order chi connectivity index (χ0) is 16.2. The van der Waals surface area contributed by atoms with Gasteiger partial charge in [0.1, 0.15) is 11.3 Å². The van der Waals surface area contributed by atoms with Gasteiger partial charge in [0.2, 0.25) is 0 Å². The molecule has 1 aromatic carbocycles. The Morgan fingerprint density at radius 2 is 1.87 bits per heavy atom. The Morgan fingerprint density at radius 3 is 2.57 bits per heavy atom. The molecule has 0 bridgehead atoms. The van der Waals surface area contributed by atoms with Crippen molar-refractivity contribution in [1.29, 1.82) is 0 Å². The number of fused-ring (bicyclic) bond motifs is 1. The van der Waals surface area contributed by atoms with E-state index in [1.165, 1.54) is 20.7 Å². The van der Waals surface area contributed by atoms with Crippen LogP contribution in [0.15, 0.2) is 45.8 Å².